The molecule has 0 radical (unpaired) electrons. The van der Waals surface area contributed by atoms with Crippen molar-refractivity contribution in [2.45, 2.75) is 20.0 Å². The van der Waals surface area contributed by atoms with Gasteiger partial charge in [-0.15, -0.1) is 0 Å². The lowest BCUT2D eigenvalue weighted by atomic mass is 10.1. The van der Waals surface area contributed by atoms with Crippen molar-refractivity contribution in [3.8, 4) is 0 Å². The first-order valence-corrected chi connectivity index (χ1v) is 5.56. The summed E-state index contributed by atoms with van der Waals surface area (Å²) in [6, 6.07) is 5.44. The number of hydrogen-bond donors (Lipinski definition) is 2. The van der Waals surface area contributed by atoms with E-state index in [2.05, 4.69) is 10.1 Å². The smallest absolute Gasteiger partial charge is 0.336 e. The average Bonchev–Trinajstić information content (AvgIpc) is 2.33. The summed E-state index contributed by atoms with van der Waals surface area (Å²) >= 11 is 0. The molecule has 0 aliphatic carbocycles. The van der Waals surface area contributed by atoms with Gasteiger partial charge in [-0.05, 0) is 26.0 Å². The van der Waals surface area contributed by atoms with Gasteiger partial charge in [0.1, 0.15) is 0 Å². The third kappa shape index (κ3) is 3.85. The van der Waals surface area contributed by atoms with Crippen LogP contribution in [0.2, 0.25) is 0 Å². The van der Waals surface area contributed by atoms with Crippen molar-refractivity contribution in [2.24, 2.45) is 0 Å². The number of amides is 1. The highest BCUT2D eigenvalue weighted by atomic mass is 16.5. The highest BCUT2D eigenvalue weighted by Gasteiger charge is 2.16. The highest BCUT2D eigenvalue weighted by molar-refractivity contribution is 5.94. The molecule has 0 bridgehead atoms. The Kier molecular flexibility index (Phi) is 4.85. The first kappa shape index (κ1) is 14.2. The fourth-order valence-electron chi connectivity index (χ4n) is 1.62. The zero-order valence-corrected chi connectivity index (χ0v) is 10.7. The summed E-state index contributed by atoms with van der Waals surface area (Å²) in [5.41, 5.74) is 2.46. The maximum Gasteiger partial charge on any atom is 0.336 e. The van der Waals surface area contributed by atoms with Gasteiger partial charge in [0.05, 0.1) is 13.7 Å². The van der Waals surface area contributed by atoms with E-state index in [1.807, 2.05) is 19.9 Å². The minimum Gasteiger partial charge on any atom is -0.467 e. The Balaban J connectivity index is 2.63. The molecule has 1 rings (SSSR count). The van der Waals surface area contributed by atoms with Gasteiger partial charge in [0, 0.05) is 5.56 Å². The predicted molar refractivity (Wildman–Crippen MR) is 66.3 cm³/mol. The summed E-state index contributed by atoms with van der Waals surface area (Å²) in [4.78, 5) is 22.7. The molecule has 0 aromatic heterocycles. The number of ether oxygens (including phenoxy) is 1. The largest absolute Gasteiger partial charge is 0.467 e. The molecule has 5 nitrogen and oxygen atoms in total. The summed E-state index contributed by atoms with van der Waals surface area (Å²) in [7, 11) is 1.18. The molecule has 1 atom stereocenters. The maximum absolute atomic E-state index is 11.8. The maximum atomic E-state index is 11.8. The fourth-order valence-corrected chi connectivity index (χ4v) is 1.62. The molecule has 2 N–H and O–H groups in total. The lowest BCUT2D eigenvalue weighted by Crippen LogP contribution is -2.37. The number of carbonyl (C=O) groups excluding carboxylic acids is 2. The van der Waals surface area contributed by atoms with Crippen molar-refractivity contribution in [1.82, 2.24) is 5.32 Å². The van der Waals surface area contributed by atoms with E-state index >= 15 is 0 Å². The number of esters is 1. The van der Waals surface area contributed by atoms with Gasteiger partial charge in [-0.3, -0.25) is 4.79 Å². The standard InChI is InChI=1S/C13H17NO4/c1-8-4-9(2)6-10(5-8)12(16)14-7-11(15)13(17)18-3/h4-6,11,15H,7H2,1-3H3,(H,14,16). The lowest BCUT2D eigenvalue weighted by Gasteiger charge is -2.10. The monoisotopic (exact) mass is 251 g/mol. The van der Waals surface area contributed by atoms with Crippen LogP contribution in [-0.2, 0) is 9.53 Å². The van der Waals surface area contributed by atoms with E-state index in [0.29, 0.717) is 5.56 Å². The molecule has 5 heteroatoms. The molecule has 0 spiro atoms. The molecule has 1 amide bonds. The van der Waals surface area contributed by atoms with Crippen LogP contribution in [0.4, 0.5) is 0 Å². The predicted octanol–water partition coefficient (Wildman–Crippen LogP) is 0.567. The van der Waals surface area contributed by atoms with Gasteiger partial charge < -0.3 is 15.2 Å². The summed E-state index contributed by atoms with van der Waals surface area (Å²) < 4.78 is 4.35. The molecule has 18 heavy (non-hydrogen) atoms. The molecule has 98 valence electrons. The number of rotatable bonds is 4. The molecule has 1 unspecified atom stereocenters. The molecule has 0 heterocycles. The van der Waals surface area contributed by atoms with Crippen LogP contribution in [0.15, 0.2) is 18.2 Å². The second-order valence-electron chi connectivity index (χ2n) is 4.13. The Morgan fingerprint density at radius 1 is 1.28 bits per heavy atom. The van der Waals surface area contributed by atoms with E-state index in [1.54, 1.807) is 12.1 Å². The van der Waals surface area contributed by atoms with Crippen LogP contribution >= 0.6 is 0 Å². The van der Waals surface area contributed by atoms with Gasteiger partial charge in [0.25, 0.3) is 5.91 Å². The molecular formula is C13H17NO4. The number of aliphatic hydroxyl groups is 1. The number of benzene rings is 1. The van der Waals surface area contributed by atoms with E-state index in [9.17, 15) is 14.7 Å². The van der Waals surface area contributed by atoms with Gasteiger partial charge in [-0.1, -0.05) is 17.2 Å². The third-order valence-electron chi connectivity index (χ3n) is 2.41. The SMILES string of the molecule is COC(=O)C(O)CNC(=O)c1cc(C)cc(C)c1. The molecule has 1 aromatic carbocycles. The van der Waals surface area contributed by atoms with E-state index in [4.69, 9.17) is 0 Å². The van der Waals surface area contributed by atoms with Crippen molar-refractivity contribution in [3.63, 3.8) is 0 Å². The van der Waals surface area contributed by atoms with Crippen LogP contribution in [0.25, 0.3) is 0 Å². The summed E-state index contributed by atoms with van der Waals surface area (Å²) in [5.74, 6) is -1.10. The second kappa shape index (κ2) is 6.16. The minimum atomic E-state index is -1.34. The Bertz CT molecular complexity index is 436. The summed E-state index contributed by atoms with van der Waals surface area (Å²) in [6.45, 7) is 3.62. The first-order chi connectivity index (χ1) is 8.43. The molecule has 0 fully saturated rings. The summed E-state index contributed by atoms with van der Waals surface area (Å²) in [6.07, 6.45) is -1.34. The van der Waals surface area contributed by atoms with Crippen molar-refractivity contribution < 1.29 is 19.4 Å². The van der Waals surface area contributed by atoms with Crippen LogP contribution in [0.5, 0.6) is 0 Å². The van der Waals surface area contributed by atoms with Crippen molar-refractivity contribution in [3.05, 3.63) is 34.9 Å². The number of nitrogens with one attached hydrogen (secondary N) is 1. The minimum absolute atomic E-state index is 0.168. The number of methoxy groups -OCH3 is 1. The van der Waals surface area contributed by atoms with Crippen molar-refractivity contribution in [2.75, 3.05) is 13.7 Å². The number of carbonyl (C=O) groups is 2. The lowest BCUT2D eigenvalue weighted by molar-refractivity contribution is -0.149. The van der Waals surface area contributed by atoms with Gasteiger partial charge in [0.15, 0.2) is 6.10 Å². The van der Waals surface area contributed by atoms with Crippen LogP contribution < -0.4 is 5.32 Å². The Labute approximate surface area is 106 Å². The van der Waals surface area contributed by atoms with E-state index < -0.39 is 12.1 Å². The first-order valence-electron chi connectivity index (χ1n) is 5.56. The van der Waals surface area contributed by atoms with Crippen molar-refractivity contribution >= 4 is 11.9 Å². The van der Waals surface area contributed by atoms with Gasteiger partial charge >= 0.3 is 5.97 Å². The molecular weight excluding hydrogens is 234 g/mol. The molecule has 0 saturated heterocycles. The van der Waals surface area contributed by atoms with Gasteiger partial charge in [-0.25, -0.2) is 4.79 Å². The third-order valence-corrected chi connectivity index (χ3v) is 2.41. The van der Waals surface area contributed by atoms with Crippen LogP contribution in [-0.4, -0.2) is 36.7 Å². The second-order valence-corrected chi connectivity index (χ2v) is 4.13. The van der Waals surface area contributed by atoms with E-state index in [1.165, 1.54) is 7.11 Å². The highest BCUT2D eigenvalue weighted by Crippen LogP contribution is 2.08. The number of hydrogen-bond acceptors (Lipinski definition) is 4. The van der Waals surface area contributed by atoms with Crippen LogP contribution in [0.3, 0.4) is 0 Å². The topological polar surface area (TPSA) is 75.6 Å². The van der Waals surface area contributed by atoms with Gasteiger partial charge in [-0.2, -0.15) is 0 Å². The summed E-state index contributed by atoms with van der Waals surface area (Å²) in [5, 5.41) is 11.8. The Morgan fingerprint density at radius 3 is 2.33 bits per heavy atom. The molecule has 1 aromatic rings. The van der Waals surface area contributed by atoms with Crippen LogP contribution in [0.1, 0.15) is 21.5 Å². The Morgan fingerprint density at radius 2 is 1.83 bits per heavy atom. The zero-order chi connectivity index (χ0) is 13.7. The van der Waals surface area contributed by atoms with Crippen molar-refractivity contribution in [1.29, 1.82) is 0 Å². The molecule has 0 saturated carbocycles. The van der Waals surface area contributed by atoms with E-state index in [-0.39, 0.29) is 12.5 Å². The quantitative estimate of drug-likeness (QED) is 0.767. The van der Waals surface area contributed by atoms with E-state index in [0.717, 1.165) is 11.1 Å². The number of aryl methyl sites for hydroxylation is 2. The normalized spacial score (nSPS) is 11.8. The average molecular weight is 251 g/mol. The van der Waals surface area contributed by atoms with Crippen LogP contribution in [0, 0.1) is 13.8 Å². The molecule has 0 aliphatic heterocycles. The van der Waals surface area contributed by atoms with Gasteiger partial charge in [0.2, 0.25) is 0 Å². The number of aliphatic hydroxyl groups excluding tert-OH is 1. The fraction of sp³-hybridized carbons (Fsp3) is 0.385. The zero-order valence-electron chi connectivity index (χ0n) is 10.7. The molecule has 0 aliphatic rings. The Hall–Kier alpha value is -1.88.